The Kier molecular flexibility index (Phi) is 6.24. The molecule has 3 rings (SSSR count). The van der Waals surface area contributed by atoms with Gasteiger partial charge in [-0.15, -0.1) is 0 Å². The van der Waals surface area contributed by atoms with E-state index in [1.807, 2.05) is 6.07 Å². The summed E-state index contributed by atoms with van der Waals surface area (Å²) in [5.41, 5.74) is 1.07. The number of nitrogens with zero attached hydrogens (tertiary/aromatic N) is 3. The number of likely N-dealkylation sites (tertiary alicyclic amines) is 1. The summed E-state index contributed by atoms with van der Waals surface area (Å²) in [6, 6.07) is 9.01. The third kappa shape index (κ3) is 3.94. The first-order valence-electron chi connectivity index (χ1n) is 10.0. The van der Waals surface area contributed by atoms with Gasteiger partial charge in [0.15, 0.2) is 0 Å². The molecule has 8 nitrogen and oxygen atoms in total. The molecule has 8 heteroatoms. The van der Waals surface area contributed by atoms with Gasteiger partial charge in [-0.2, -0.15) is 5.10 Å². The maximum absolute atomic E-state index is 13.2. The Hall–Kier alpha value is -3.16. The van der Waals surface area contributed by atoms with Crippen LogP contribution in [0.3, 0.4) is 0 Å². The predicted octanol–water partition coefficient (Wildman–Crippen LogP) is 2.05. The number of aromatic amines is 1. The summed E-state index contributed by atoms with van der Waals surface area (Å²) in [6.45, 7) is 2.42. The third-order valence-electron chi connectivity index (χ3n) is 5.64. The van der Waals surface area contributed by atoms with Crippen LogP contribution in [-0.2, 0) is 32.8 Å². The fourth-order valence-corrected chi connectivity index (χ4v) is 3.98. The zero-order chi connectivity index (χ0) is 21.9. The molecule has 2 heterocycles. The van der Waals surface area contributed by atoms with Crippen molar-refractivity contribution in [3.05, 3.63) is 47.3 Å². The molecule has 1 atom stereocenters. The highest BCUT2D eigenvalue weighted by molar-refractivity contribution is 6.10. The Morgan fingerprint density at radius 1 is 1.33 bits per heavy atom. The van der Waals surface area contributed by atoms with Crippen LogP contribution < -0.4 is 4.74 Å². The lowest BCUT2D eigenvalue weighted by molar-refractivity contribution is -0.141. The number of aryl methyl sites for hydroxylation is 1. The highest BCUT2D eigenvalue weighted by Gasteiger charge is 2.54. The second-order valence-corrected chi connectivity index (χ2v) is 7.78. The van der Waals surface area contributed by atoms with Crippen LogP contribution >= 0.6 is 0 Å². The number of para-hydroxylation sites is 1. The van der Waals surface area contributed by atoms with E-state index in [-0.39, 0.29) is 30.6 Å². The molecule has 0 bridgehead atoms. The normalized spacial score (nSPS) is 18.7. The Bertz CT molecular complexity index is 954. The first-order chi connectivity index (χ1) is 14.3. The number of H-pyrrole nitrogens is 1. The van der Waals surface area contributed by atoms with Gasteiger partial charge in [-0.1, -0.05) is 31.5 Å². The van der Waals surface area contributed by atoms with E-state index in [0.717, 1.165) is 29.1 Å². The molecule has 1 fully saturated rings. The number of likely N-dealkylation sites (N-methyl/N-ethyl adjacent to an activating group) is 1. The van der Waals surface area contributed by atoms with Crippen molar-refractivity contribution >= 4 is 17.7 Å². The molecule has 0 radical (unpaired) electrons. The number of imide groups is 1. The highest BCUT2D eigenvalue weighted by Crippen LogP contribution is 2.43. The van der Waals surface area contributed by atoms with E-state index in [2.05, 4.69) is 17.1 Å². The van der Waals surface area contributed by atoms with Crippen LogP contribution in [0, 0.1) is 0 Å². The van der Waals surface area contributed by atoms with Crippen molar-refractivity contribution in [3.8, 4) is 5.75 Å². The number of hydrogen-bond acceptors (Lipinski definition) is 5. The number of hydrogen-bond donors (Lipinski definition) is 1. The van der Waals surface area contributed by atoms with Crippen molar-refractivity contribution in [1.82, 2.24) is 20.0 Å². The Labute approximate surface area is 176 Å². The molecule has 0 aliphatic carbocycles. The number of carbonyl (C=O) groups is 3. The van der Waals surface area contributed by atoms with E-state index in [1.54, 1.807) is 36.2 Å². The second-order valence-electron chi connectivity index (χ2n) is 7.78. The molecule has 160 valence electrons. The van der Waals surface area contributed by atoms with Crippen LogP contribution in [0.4, 0.5) is 0 Å². The fourth-order valence-electron chi connectivity index (χ4n) is 3.98. The quantitative estimate of drug-likeness (QED) is 0.670. The molecule has 1 saturated heterocycles. The van der Waals surface area contributed by atoms with Gasteiger partial charge in [0.05, 0.1) is 30.5 Å². The number of nitrogens with one attached hydrogen (secondary N) is 1. The second kappa shape index (κ2) is 8.69. The van der Waals surface area contributed by atoms with Crippen LogP contribution in [0.2, 0.25) is 0 Å². The van der Waals surface area contributed by atoms with Crippen LogP contribution in [0.1, 0.15) is 43.1 Å². The molecule has 1 N–H and O–H groups in total. The van der Waals surface area contributed by atoms with Crippen LogP contribution in [0.15, 0.2) is 30.3 Å². The van der Waals surface area contributed by atoms with Gasteiger partial charge in [-0.3, -0.25) is 24.4 Å². The van der Waals surface area contributed by atoms with E-state index < -0.39 is 5.41 Å². The minimum atomic E-state index is -1.27. The van der Waals surface area contributed by atoms with Gasteiger partial charge in [-0.25, -0.2) is 0 Å². The standard InChI is InChI=1S/C22H28N4O4/c1-5-8-15-11-16(24-23-15)14-25(2)19(27)12-22(13-20(28)26(3)21(22)29)17-9-6-7-10-18(17)30-4/h6-7,9-11H,5,8,12-14H2,1-4H3,(H,23,24). The summed E-state index contributed by atoms with van der Waals surface area (Å²) in [5, 5.41) is 7.21. The van der Waals surface area contributed by atoms with Gasteiger partial charge < -0.3 is 9.64 Å². The molecule has 3 amide bonds. The van der Waals surface area contributed by atoms with Gasteiger partial charge in [0.1, 0.15) is 5.75 Å². The SMILES string of the molecule is CCCc1cc(CN(C)C(=O)CC2(c3ccccc3OC)CC(=O)N(C)C2=O)[nH]n1. The molecule has 2 aromatic rings. The first kappa shape index (κ1) is 21.5. The maximum Gasteiger partial charge on any atom is 0.240 e. The van der Waals surface area contributed by atoms with Gasteiger partial charge in [0.25, 0.3) is 0 Å². The van der Waals surface area contributed by atoms with Crippen LogP contribution in [0.5, 0.6) is 5.75 Å². The van der Waals surface area contributed by atoms with Crippen molar-refractivity contribution < 1.29 is 19.1 Å². The van der Waals surface area contributed by atoms with Gasteiger partial charge in [0.2, 0.25) is 17.7 Å². The molecule has 1 aromatic carbocycles. The number of carbonyl (C=O) groups excluding carboxylic acids is 3. The number of rotatable bonds is 8. The molecule has 1 unspecified atom stereocenters. The minimum Gasteiger partial charge on any atom is -0.496 e. The fraction of sp³-hybridized carbons (Fsp3) is 0.455. The van der Waals surface area contributed by atoms with E-state index >= 15 is 0 Å². The van der Waals surface area contributed by atoms with E-state index in [0.29, 0.717) is 17.9 Å². The van der Waals surface area contributed by atoms with Crippen LogP contribution in [-0.4, -0.2) is 58.9 Å². The average molecular weight is 412 g/mol. The molecule has 0 spiro atoms. The lowest BCUT2D eigenvalue weighted by atomic mass is 9.75. The smallest absolute Gasteiger partial charge is 0.240 e. The van der Waals surface area contributed by atoms with Crippen LogP contribution in [0.25, 0.3) is 0 Å². The van der Waals surface area contributed by atoms with Crippen molar-refractivity contribution in [2.45, 2.75) is 44.6 Å². The van der Waals surface area contributed by atoms with E-state index in [1.165, 1.54) is 14.2 Å². The largest absolute Gasteiger partial charge is 0.496 e. The van der Waals surface area contributed by atoms with Crippen molar-refractivity contribution in [3.63, 3.8) is 0 Å². The molecule has 1 aromatic heterocycles. The molecule has 1 aliphatic heterocycles. The monoisotopic (exact) mass is 412 g/mol. The summed E-state index contributed by atoms with van der Waals surface area (Å²) in [5.74, 6) is -0.434. The number of benzene rings is 1. The summed E-state index contributed by atoms with van der Waals surface area (Å²) in [7, 11) is 4.65. The summed E-state index contributed by atoms with van der Waals surface area (Å²) < 4.78 is 5.44. The summed E-state index contributed by atoms with van der Waals surface area (Å²) >= 11 is 0. The molecule has 1 aliphatic rings. The Morgan fingerprint density at radius 2 is 2.07 bits per heavy atom. The maximum atomic E-state index is 13.2. The average Bonchev–Trinajstić information content (AvgIpc) is 3.26. The topological polar surface area (TPSA) is 95.6 Å². The van der Waals surface area contributed by atoms with Gasteiger partial charge in [-0.05, 0) is 18.6 Å². The van der Waals surface area contributed by atoms with Gasteiger partial charge in [0, 0.05) is 32.5 Å². The van der Waals surface area contributed by atoms with Gasteiger partial charge >= 0.3 is 0 Å². The van der Waals surface area contributed by atoms with Crippen molar-refractivity contribution in [2.75, 3.05) is 21.2 Å². The van der Waals surface area contributed by atoms with Crippen molar-refractivity contribution in [2.24, 2.45) is 0 Å². The number of aromatic nitrogens is 2. The summed E-state index contributed by atoms with van der Waals surface area (Å²) in [6.07, 6.45) is 1.68. The molecule has 0 saturated carbocycles. The molecule has 30 heavy (non-hydrogen) atoms. The van der Waals surface area contributed by atoms with Crippen molar-refractivity contribution in [1.29, 1.82) is 0 Å². The van der Waals surface area contributed by atoms with E-state index in [9.17, 15) is 14.4 Å². The van der Waals surface area contributed by atoms with E-state index in [4.69, 9.17) is 4.74 Å². The minimum absolute atomic E-state index is 0.0625. The molecular weight excluding hydrogens is 384 g/mol. The highest BCUT2D eigenvalue weighted by atomic mass is 16.5. The first-order valence-corrected chi connectivity index (χ1v) is 10.0. The number of amides is 3. The lowest BCUT2D eigenvalue weighted by Gasteiger charge is -2.29. The summed E-state index contributed by atoms with van der Waals surface area (Å²) in [4.78, 5) is 41.4. The zero-order valence-corrected chi connectivity index (χ0v) is 17.9. The lowest BCUT2D eigenvalue weighted by Crippen LogP contribution is -2.42. The zero-order valence-electron chi connectivity index (χ0n) is 17.9. The Morgan fingerprint density at radius 3 is 2.70 bits per heavy atom. The third-order valence-corrected chi connectivity index (χ3v) is 5.64. The number of methoxy groups -OCH3 is 1. The molecular formula is C22H28N4O4. The number of ether oxygens (including phenoxy) is 1. The Balaban J connectivity index is 1.87. The predicted molar refractivity (Wildman–Crippen MR) is 111 cm³/mol.